The van der Waals surface area contributed by atoms with Crippen molar-refractivity contribution in [3.8, 4) is 29.4 Å². The van der Waals surface area contributed by atoms with E-state index in [1.54, 1.807) is 67.6 Å². The van der Waals surface area contributed by atoms with E-state index in [0.29, 0.717) is 38.8 Å². The number of fused-ring (bicyclic) bond motifs is 3. The number of aliphatic hydroxyl groups excluding tert-OH is 1. The fourth-order valence-corrected chi connectivity index (χ4v) is 14.8. The van der Waals surface area contributed by atoms with Crippen LogP contribution in [-0.2, 0) is 79.9 Å². The number of nitrogens with zero attached hydrogens (tertiary/aromatic N) is 6. The summed E-state index contributed by atoms with van der Waals surface area (Å²) >= 11 is 13.1. The minimum absolute atomic E-state index is 0. The molecule has 12 N–H and O–H groups in total. The van der Waals surface area contributed by atoms with E-state index < -0.39 is 126 Å². The zero-order valence-corrected chi connectivity index (χ0v) is 71.5. The molecule has 5 aromatic carbocycles. The van der Waals surface area contributed by atoms with Crippen LogP contribution in [0.5, 0.6) is 17.2 Å². The maximum Gasteiger partial charge on any atom is 0.494 e. The van der Waals surface area contributed by atoms with E-state index >= 15 is 0 Å². The summed E-state index contributed by atoms with van der Waals surface area (Å²) in [5.74, 6) is -10.3. The highest BCUT2D eigenvalue weighted by Gasteiger charge is 2.52. The van der Waals surface area contributed by atoms with E-state index in [1.165, 1.54) is 59.6 Å². The Balaban J connectivity index is 0.000000579. The molecule has 0 spiro atoms. The first-order chi connectivity index (χ1) is 56.8. The second kappa shape index (κ2) is 53.1. The van der Waals surface area contributed by atoms with Crippen molar-refractivity contribution in [3.05, 3.63) is 135 Å². The molecule has 2 amide bonds. The van der Waals surface area contributed by atoms with Crippen LogP contribution in [0.25, 0.3) is 30.6 Å². The van der Waals surface area contributed by atoms with Gasteiger partial charge in [-0.25, -0.2) is 19.7 Å². The van der Waals surface area contributed by atoms with Crippen molar-refractivity contribution >= 4 is 186 Å². The summed E-state index contributed by atoms with van der Waals surface area (Å²) in [6.45, 7) is 14.7. The SMILES string of the molecule is C.C.CC1(C)OB(c2ccc(COc3ccc4nc(C#N)sc4c3)cc2)OC1(C)C.CCC(C)C(CC(=O)OCc1ccccc1)C(=O)NC(CCC(=O)OC)C(=O)CC(C(=O)NC(CC(C)=O)C(=O)C[C@H](CS)C(=O)O)C(C)O.N#Cc1nc2ccc(O)cc2s1.N[C@H](CS)C(=O)O.O=C(O)[C@H]1CSC(c2nc3ccc(O)cc3s2)=N1.OO.[3H]C[B]. The number of benzene rings is 5. The van der Waals surface area contributed by atoms with Gasteiger partial charge in [0.25, 0.3) is 0 Å². The van der Waals surface area contributed by atoms with Gasteiger partial charge in [0.05, 0.1) is 99.2 Å². The number of aromatic nitrogens is 3. The Morgan fingerprint density at radius 3 is 1.69 bits per heavy atom. The molecule has 121 heavy (non-hydrogen) atoms. The Hall–Kier alpha value is -9.94. The van der Waals surface area contributed by atoms with Crippen LogP contribution >= 0.6 is 71.0 Å². The number of methoxy groups -OCH3 is 1. The van der Waals surface area contributed by atoms with Gasteiger partial charge in [0, 0.05) is 44.3 Å². The summed E-state index contributed by atoms with van der Waals surface area (Å²) < 4.78 is 36.8. The number of nitrogens with two attached hydrogens (primary N) is 1. The zero-order valence-electron chi connectivity index (χ0n) is 67.4. The maximum atomic E-state index is 13.7. The van der Waals surface area contributed by atoms with E-state index in [1.807, 2.05) is 61.5 Å². The number of phenols is 2. The summed E-state index contributed by atoms with van der Waals surface area (Å²) in [4.78, 5) is 139. The number of Topliss-reactive ketones (excluding diaryl/α,β-unsaturated/α-hetero) is 3. The number of aromatic hydroxyl groups is 2. The van der Waals surface area contributed by atoms with Gasteiger partial charge in [-0.1, -0.05) is 96.5 Å². The van der Waals surface area contributed by atoms with Gasteiger partial charge in [0.15, 0.2) is 27.6 Å². The number of nitriles is 2. The third kappa shape index (κ3) is 34.1. The lowest BCUT2D eigenvalue weighted by Gasteiger charge is -2.32. The van der Waals surface area contributed by atoms with Crippen LogP contribution < -0.4 is 26.6 Å². The first-order valence-corrected chi connectivity index (χ1v) is 41.2. The number of nitrogens with one attached hydrogen (secondary N) is 2. The lowest BCUT2D eigenvalue weighted by atomic mass is 9.79. The van der Waals surface area contributed by atoms with E-state index in [-0.39, 0.29) is 94.8 Å². The number of thioether (sulfide) groups is 1. The lowest BCUT2D eigenvalue weighted by Crippen LogP contribution is -2.50. The Bertz CT molecular complexity index is 4880. The second-order valence-electron chi connectivity index (χ2n) is 27.5. The van der Waals surface area contributed by atoms with E-state index in [0.717, 1.165) is 60.1 Å². The summed E-state index contributed by atoms with van der Waals surface area (Å²) in [7, 11) is 5.31. The van der Waals surface area contributed by atoms with Gasteiger partial charge >= 0.3 is 37.0 Å². The number of carboxylic acid groups (broad SMARTS) is 3. The number of aliphatic carboxylic acids is 3. The van der Waals surface area contributed by atoms with Crippen molar-refractivity contribution in [2.45, 2.75) is 177 Å². The highest BCUT2D eigenvalue weighted by molar-refractivity contribution is 8.15. The number of aliphatic imine (C=N–C) groups is 1. The van der Waals surface area contributed by atoms with E-state index in [4.69, 9.17) is 62.2 Å². The Morgan fingerprint density at radius 2 is 1.21 bits per heavy atom. The molecule has 5 heterocycles. The molecule has 2 aliphatic heterocycles. The first-order valence-electron chi connectivity index (χ1n) is 37.2. The third-order valence-corrected chi connectivity index (χ3v) is 23.1. The average molecular weight is 1790 g/mol. The number of thiazole rings is 3. The molecule has 2 aliphatic rings. The van der Waals surface area contributed by atoms with E-state index in [2.05, 4.69) is 102 Å². The minimum Gasteiger partial charge on any atom is -0.508 e. The highest BCUT2D eigenvalue weighted by atomic mass is 32.2. The van der Waals surface area contributed by atoms with Gasteiger partial charge in [-0.05, 0) is 125 Å². The molecular weight excluding hydrogens is 1680 g/mol. The Morgan fingerprint density at radius 1 is 0.694 bits per heavy atom. The standard InChI is InChI=1S/C35H50N2O12S.C21H21BN2O3S.C11H8N2O3S2.C8H4N2OS.C3H7NO2S.CH3B.2CH4.H2O2/c1-6-20(2)25(17-32(43)49-18-23-10-8-7-9-11-23)33(44)36-27(12-13-31(42)48-5)30(41)16-26(22(4)39)34(45)37-28(14-21(3)38)29(40)15-24(19-50)35(46)47;1-20(2)21(3,4)27-22(26-20)15-7-5-14(6-8-15)13-25-16-9-10-17-18(11-16)28-19(12-23)24-17;14-5-1-2-6-8(3-5)18-10(12-6)9-13-7(4-17-9)11(15)16;9-4-8-10-6-2-1-5(11)3-7(6)12-8;4-2(1-7)3(5)6;1-2;;;1-2/h7-11,20,22,24-28,39,50H,6,12-19H2,1-5H3,(H,36,44)(H,37,45)(H,46,47);5-11H,13H2,1-4H3;1-3,7,14H,4H2,(H,15,16);1-3,11H;2,7H,1,4H2,(H,5,6);1H3;2*1H4;1-2H/t20?,22?,24-,25?,26?,27?,28?;;7-;;2-;;;;/m1.1.1..../s1/i;;;;;1T;;;. The molecule has 6 unspecified atom stereocenters. The van der Waals surface area contributed by atoms with Crippen LogP contribution in [0.15, 0.2) is 114 Å². The highest BCUT2D eigenvalue weighted by Crippen LogP contribution is 2.37. The zero-order chi connectivity index (χ0) is 89.7. The van der Waals surface area contributed by atoms with Crippen molar-refractivity contribution in [2.75, 3.05) is 24.4 Å². The number of ketones is 3. The molecule has 0 aliphatic carbocycles. The van der Waals surface area contributed by atoms with Crippen LogP contribution in [0.1, 0.15) is 143 Å². The lowest BCUT2D eigenvalue weighted by molar-refractivity contribution is -0.176. The number of carboxylic acids is 3. The van der Waals surface area contributed by atoms with Crippen LogP contribution in [-0.4, -0.2) is 201 Å². The predicted octanol–water partition coefficient (Wildman–Crippen LogP) is 10.9. The molecular formula is C81H103B2N9O23S6. The number of phenolic OH excluding ortho intramolecular Hbond substituents is 2. The molecule has 1 fully saturated rings. The fourth-order valence-electron chi connectivity index (χ4n) is 10.7. The summed E-state index contributed by atoms with van der Waals surface area (Å²) in [5, 5.41) is 92.0. The van der Waals surface area contributed by atoms with Crippen molar-refractivity contribution in [2.24, 2.45) is 34.4 Å². The monoisotopic (exact) mass is 1790 g/mol. The molecule has 652 valence electrons. The molecule has 40 heteroatoms. The Labute approximate surface area is 731 Å². The molecule has 0 bridgehead atoms. The molecule has 9 atom stereocenters. The number of thiol groups is 2. The number of hydrogen-bond donors (Lipinski definition) is 13. The Kier molecular flexibility index (Phi) is 46.2. The fraction of sp³-hybridized carbons (Fsp3) is 0.432. The summed E-state index contributed by atoms with van der Waals surface area (Å²) in [5.41, 5.74) is 9.43. The molecule has 32 nitrogen and oxygen atoms in total. The number of ether oxygens (including phenoxy) is 3. The van der Waals surface area contributed by atoms with Gasteiger partial charge in [-0.2, -0.15) is 35.8 Å². The van der Waals surface area contributed by atoms with Gasteiger partial charge in [0.1, 0.15) is 64.5 Å². The maximum absolute atomic E-state index is 13.7. The van der Waals surface area contributed by atoms with Gasteiger partial charge < -0.3 is 70.5 Å². The topological polar surface area (TPSA) is 527 Å². The van der Waals surface area contributed by atoms with Gasteiger partial charge in [-0.15, -0.1) is 45.8 Å². The molecule has 10 rings (SSSR count). The number of hydrogen-bond acceptors (Lipinski definition) is 33. The van der Waals surface area contributed by atoms with Crippen molar-refractivity contribution in [1.82, 2.24) is 25.6 Å². The number of carbonyl (C=O) groups excluding carboxylic acids is 7. The molecule has 8 aromatic rings. The number of amides is 2. The van der Waals surface area contributed by atoms with Crippen LogP contribution in [0, 0.1) is 46.3 Å². The largest absolute Gasteiger partial charge is 0.508 e. The predicted molar refractivity (Wildman–Crippen MR) is 472 cm³/mol. The minimum atomic E-state index is -1.46. The summed E-state index contributed by atoms with van der Waals surface area (Å²) in [6.07, 6.45) is -3.33. The average Bonchev–Trinajstić information content (AvgIpc) is 1.62. The number of rotatable bonds is 32. The molecule has 3 aromatic heterocycles. The number of carbonyl (C=O) groups is 10. The van der Waals surface area contributed by atoms with Crippen molar-refractivity contribution in [3.63, 3.8) is 0 Å². The molecule has 2 radical (unpaired) electrons. The van der Waals surface area contributed by atoms with E-state index in [9.17, 15) is 63.3 Å². The smallest absolute Gasteiger partial charge is 0.494 e. The van der Waals surface area contributed by atoms with Crippen LogP contribution in [0.4, 0.5) is 0 Å². The van der Waals surface area contributed by atoms with Crippen LogP contribution in [0.3, 0.4) is 0 Å². The van der Waals surface area contributed by atoms with Gasteiger partial charge in [0.2, 0.25) is 11.8 Å². The van der Waals surface area contributed by atoms with Crippen molar-refractivity contribution < 1.29 is 114 Å². The van der Waals surface area contributed by atoms with Crippen molar-refractivity contribution in [1.29, 1.82) is 10.5 Å². The molecule has 1 saturated heterocycles. The first kappa shape index (κ1) is 105. The third-order valence-electron chi connectivity index (χ3n) is 18.3. The quantitative estimate of drug-likeness (QED) is 0.00612. The summed E-state index contributed by atoms with van der Waals surface area (Å²) in [6, 6.07) is 32.4. The molecule has 0 saturated carbocycles. The van der Waals surface area contributed by atoms with Gasteiger partial charge in [-0.3, -0.25) is 58.7 Å². The number of esters is 2. The number of aliphatic hydroxyl groups is 1. The second-order valence-corrected chi connectivity index (χ2v) is 32.3. The normalized spacial score (nSPS) is 15.1. The van der Waals surface area contributed by atoms with Crippen LogP contribution in [0.2, 0.25) is 6.80 Å².